The Hall–Kier alpha value is -1.51. The van der Waals surface area contributed by atoms with Crippen LogP contribution < -0.4 is 15.2 Å². The van der Waals surface area contributed by atoms with Gasteiger partial charge in [0.25, 0.3) is 5.91 Å². The molecule has 0 aromatic heterocycles. The molecule has 0 spiro atoms. The smallest absolute Gasteiger partial charge is 0.252 e. The normalized spacial score (nSPS) is 11.2. The van der Waals surface area contributed by atoms with E-state index in [0.29, 0.717) is 10.8 Å². The highest BCUT2D eigenvalue weighted by Crippen LogP contribution is 2.28. The number of carbonyl (C=O) groups excluding carboxylic acids is 1. The molecule has 0 saturated carbocycles. The molecule has 0 radical (unpaired) electrons. The van der Waals surface area contributed by atoms with Gasteiger partial charge in [0.05, 0.1) is 22.2 Å². The molecule has 0 saturated heterocycles. The van der Waals surface area contributed by atoms with Gasteiger partial charge in [-0.05, 0) is 36.4 Å². The second kappa shape index (κ2) is 8.25. The predicted octanol–water partition coefficient (Wildman–Crippen LogP) is 3.10. The van der Waals surface area contributed by atoms with Gasteiger partial charge in [0.15, 0.2) is 0 Å². The molecule has 3 N–H and O–H groups in total. The number of hydrogen-bond acceptors (Lipinski definition) is 4. The summed E-state index contributed by atoms with van der Waals surface area (Å²) in [5.74, 6) is 0.0194. The summed E-state index contributed by atoms with van der Waals surface area (Å²) >= 11 is 17.5. The minimum Gasteiger partial charge on any atom is -0.492 e. The van der Waals surface area contributed by atoms with Crippen molar-refractivity contribution in [1.29, 1.82) is 0 Å². The second-order valence-corrected chi connectivity index (χ2v) is 7.65. The van der Waals surface area contributed by atoms with E-state index >= 15 is 0 Å². The quantitative estimate of drug-likeness (QED) is 0.697. The molecule has 0 heterocycles. The molecular weight excluding hydrogens is 411 g/mol. The van der Waals surface area contributed by atoms with E-state index in [-0.39, 0.29) is 33.7 Å². The summed E-state index contributed by atoms with van der Waals surface area (Å²) in [6.45, 7) is 0.367. The van der Waals surface area contributed by atoms with E-state index in [9.17, 15) is 13.2 Å². The predicted molar refractivity (Wildman–Crippen MR) is 97.1 cm³/mol. The van der Waals surface area contributed by atoms with Crippen molar-refractivity contribution in [2.45, 2.75) is 4.90 Å². The zero-order valence-electron chi connectivity index (χ0n) is 12.6. The van der Waals surface area contributed by atoms with Crippen LogP contribution in [0, 0.1) is 0 Å². The van der Waals surface area contributed by atoms with Crippen molar-refractivity contribution in [3.05, 3.63) is 57.0 Å². The number of hydrogen-bond donors (Lipinski definition) is 2. The lowest BCUT2D eigenvalue weighted by Crippen LogP contribution is -2.28. The zero-order chi connectivity index (χ0) is 18.6. The summed E-state index contributed by atoms with van der Waals surface area (Å²) in [4.78, 5) is 11.8. The van der Waals surface area contributed by atoms with E-state index in [0.717, 1.165) is 12.1 Å². The number of primary sulfonamides is 1. The maximum absolute atomic E-state index is 12.2. The molecule has 0 bridgehead atoms. The van der Waals surface area contributed by atoms with Gasteiger partial charge in [0.1, 0.15) is 17.3 Å². The van der Waals surface area contributed by atoms with Gasteiger partial charge in [-0.25, -0.2) is 13.6 Å². The van der Waals surface area contributed by atoms with E-state index in [2.05, 4.69) is 5.32 Å². The average Bonchev–Trinajstić information content (AvgIpc) is 2.51. The summed E-state index contributed by atoms with van der Waals surface area (Å²) in [5.41, 5.74) is -0.0541. The third-order valence-corrected chi connectivity index (χ3v) is 4.98. The third kappa shape index (κ3) is 5.49. The molecular formula is C15H13Cl3N2O4S. The largest absolute Gasteiger partial charge is 0.492 e. The van der Waals surface area contributed by atoms with Crippen molar-refractivity contribution in [1.82, 2.24) is 5.32 Å². The standard InChI is InChI=1S/C15H13Cl3N2O4S/c16-9-1-3-10(4-2-9)24-6-5-20-15(21)11-7-14(25(19,22)23)13(18)8-12(11)17/h1-4,7-8H,5-6H2,(H,20,21)(H2,19,22,23). The number of amides is 1. The van der Waals surface area contributed by atoms with Gasteiger partial charge < -0.3 is 10.1 Å². The maximum Gasteiger partial charge on any atom is 0.252 e. The van der Waals surface area contributed by atoms with Crippen molar-refractivity contribution in [3.8, 4) is 5.75 Å². The molecule has 0 aliphatic carbocycles. The van der Waals surface area contributed by atoms with Gasteiger partial charge in [-0.1, -0.05) is 34.8 Å². The van der Waals surface area contributed by atoms with Crippen molar-refractivity contribution in [2.24, 2.45) is 5.14 Å². The molecule has 2 aromatic carbocycles. The Bertz CT molecular complexity index is 886. The van der Waals surface area contributed by atoms with Crippen LogP contribution in [-0.4, -0.2) is 27.5 Å². The minimum atomic E-state index is -4.08. The highest BCUT2D eigenvalue weighted by Gasteiger charge is 2.19. The Balaban J connectivity index is 2.00. The van der Waals surface area contributed by atoms with Gasteiger partial charge in [0.2, 0.25) is 10.0 Å². The summed E-state index contributed by atoms with van der Waals surface area (Å²) in [6, 6.07) is 8.93. The molecule has 0 atom stereocenters. The molecule has 25 heavy (non-hydrogen) atoms. The van der Waals surface area contributed by atoms with Crippen molar-refractivity contribution >= 4 is 50.7 Å². The Morgan fingerprint density at radius 1 is 1.08 bits per heavy atom. The minimum absolute atomic E-state index is 0.00789. The van der Waals surface area contributed by atoms with Crippen LogP contribution in [0.15, 0.2) is 41.3 Å². The number of sulfonamides is 1. The molecule has 2 aromatic rings. The number of benzene rings is 2. The lowest BCUT2D eigenvalue weighted by atomic mass is 10.2. The van der Waals surface area contributed by atoms with Crippen molar-refractivity contribution < 1.29 is 17.9 Å². The Morgan fingerprint density at radius 3 is 2.32 bits per heavy atom. The first-order valence-corrected chi connectivity index (χ1v) is 9.55. The summed E-state index contributed by atoms with van der Waals surface area (Å²) < 4.78 is 28.4. The van der Waals surface area contributed by atoms with Crippen LogP contribution in [0.25, 0.3) is 0 Å². The van der Waals surface area contributed by atoms with E-state index in [1.165, 1.54) is 0 Å². The van der Waals surface area contributed by atoms with Crippen LogP contribution in [0.2, 0.25) is 15.1 Å². The molecule has 6 nitrogen and oxygen atoms in total. The molecule has 0 aliphatic rings. The van der Waals surface area contributed by atoms with Gasteiger partial charge in [0, 0.05) is 5.02 Å². The average molecular weight is 424 g/mol. The van der Waals surface area contributed by atoms with Crippen LogP contribution in [0.1, 0.15) is 10.4 Å². The van der Waals surface area contributed by atoms with Crippen molar-refractivity contribution in [2.75, 3.05) is 13.2 Å². The molecule has 0 fully saturated rings. The number of ether oxygens (including phenoxy) is 1. The van der Waals surface area contributed by atoms with Gasteiger partial charge >= 0.3 is 0 Å². The molecule has 0 unspecified atom stereocenters. The monoisotopic (exact) mass is 422 g/mol. The Kier molecular flexibility index (Phi) is 6.53. The van der Waals surface area contributed by atoms with Crippen LogP contribution in [0.4, 0.5) is 0 Å². The van der Waals surface area contributed by atoms with E-state index < -0.39 is 15.9 Å². The topological polar surface area (TPSA) is 98.5 Å². The molecule has 0 aliphatic heterocycles. The Morgan fingerprint density at radius 2 is 1.72 bits per heavy atom. The molecule has 134 valence electrons. The summed E-state index contributed by atoms with van der Waals surface area (Å²) in [7, 11) is -4.08. The highest BCUT2D eigenvalue weighted by molar-refractivity contribution is 7.89. The first-order valence-electron chi connectivity index (χ1n) is 6.87. The van der Waals surface area contributed by atoms with Crippen LogP contribution in [0.3, 0.4) is 0 Å². The fraction of sp³-hybridized carbons (Fsp3) is 0.133. The number of carbonyl (C=O) groups is 1. The van der Waals surface area contributed by atoms with E-state index in [4.69, 9.17) is 44.7 Å². The van der Waals surface area contributed by atoms with Crippen molar-refractivity contribution in [3.63, 3.8) is 0 Å². The van der Waals surface area contributed by atoms with Crippen LogP contribution >= 0.6 is 34.8 Å². The second-order valence-electron chi connectivity index (χ2n) is 4.87. The number of rotatable bonds is 6. The molecule has 2 rings (SSSR count). The van der Waals surface area contributed by atoms with E-state index in [1.807, 2.05) is 0 Å². The van der Waals surface area contributed by atoms with Crippen LogP contribution in [0.5, 0.6) is 5.75 Å². The first-order chi connectivity index (χ1) is 11.7. The summed E-state index contributed by atoms with van der Waals surface area (Å²) in [6.07, 6.45) is 0. The molecule has 1 amide bonds. The van der Waals surface area contributed by atoms with Crippen LogP contribution in [-0.2, 0) is 10.0 Å². The lowest BCUT2D eigenvalue weighted by Gasteiger charge is -2.10. The zero-order valence-corrected chi connectivity index (χ0v) is 15.7. The summed E-state index contributed by atoms with van der Waals surface area (Å²) in [5, 5.41) is 8.06. The third-order valence-electron chi connectivity index (χ3n) is 3.04. The fourth-order valence-corrected chi connectivity index (χ4v) is 3.41. The SMILES string of the molecule is NS(=O)(=O)c1cc(C(=O)NCCOc2ccc(Cl)cc2)c(Cl)cc1Cl. The Labute approximate surface area is 159 Å². The number of nitrogens with two attached hydrogens (primary N) is 1. The van der Waals surface area contributed by atoms with Gasteiger partial charge in [-0.15, -0.1) is 0 Å². The highest BCUT2D eigenvalue weighted by atomic mass is 35.5. The number of halogens is 3. The van der Waals surface area contributed by atoms with E-state index in [1.54, 1.807) is 24.3 Å². The fourth-order valence-electron chi connectivity index (χ4n) is 1.88. The molecule has 10 heteroatoms. The number of nitrogens with one attached hydrogen (secondary N) is 1. The maximum atomic E-state index is 12.2. The van der Waals surface area contributed by atoms with Gasteiger partial charge in [-0.2, -0.15) is 0 Å². The van der Waals surface area contributed by atoms with Gasteiger partial charge in [-0.3, -0.25) is 4.79 Å². The lowest BCUT2D eigenvalue weighted by molar-refractivity contribution is 0.0947. The first kappa shape index (κ1) is 19.8.